The van der Waals surface area contributed by atoms with E-state index in [0.717, 1.165) is 37.2 Å². The molecule has 0 aliphatic carbocycles. The molecule has 4 aromatic carbocycles. The quantitative estimate of drug-likeness (QED) is 0.256. The number of benzene rings is 4. The Balaban J connectivity index is 1.73. The lowest BCUT2D eigenvalue weighted by molar-refractivity contribution is 0.410. The molecule has 1 heterocycles. The fraction of sp³-hybridized carbons (Fsp3) is 0.242. The van der Waals surface area contributed by atoms with Gasteiger partial charge in [-0.25, -0.2) is 0 Å². The lowest BCUT2D eigenvalue weighted by atomic mass is 9.77. The van der Waals surface area contributed by atoms with Gasteiger partial charge in [0.2, 0.25) is 0 Å². The number of methoxy groups -OCH3 is 1. The van der Waals surface area contributed by atoms with E-state index >= 15 is 0 Å². The zero-order valence-corrected chi connectivity index (χ0v) is 21.2. The molecule has 0 bridgehead atoms. The molecule has 36 heavy (non-hydrogen) atoms. The summed E-state index contributed by atoms with van der Waals surface area (Å²) in [5, 5.41) is 0. The zero-order valence-electron chi connectivity index (χ0n) is 21.2. The number of ether oxygens (including phenoxy) is 1. The summed E-state index contributed by atoms with van der Waals surface area (Å²) in [5.74, 6) is 1.14. The molecule has 0 saturated carbocycles. The van der Waals surface area contributed by atoms with Crippen LogP contribution in [0.4, 0.5) is 11.4 Å². The molecule has 0 spiro atoms. The van der Waals surface area contributed by atoms with Crippen molar-refractivity contribution in [3.05, 3.63) is 126 Å². The van der Waals surface area contributed by atoms with Gasteiger partial charge in [-0.2, -0.15) is 0 Å². The van der Waals surface area contributed by atoms with Gasteiger partial charge in [0.15, 0.2) is 0 Å². The van der Waals surface area contributed by atoms with Crippen LogP contribution in [0.25, 0.3) is 0 Å². The van der Waals surface area contributed by atoms with Crippen molar-refractivity contribution in [2.24, 2.45) is 10.9 Å². The lowest BCUT2D eigenvalue weighted by Crippen LogP contribution is -2.42. The summed E-state index contributed by atoms with van der Waals surface area (Å²) in [4.78, 5) is 7.90. The molecular formula is C33H34N2O. The van der Waals surface area contributed by atoms with Gasteiger partial charge in [0.25, 0.3) is 0 Å². The van der Waals surface area contributed by atoms with Crippen LogP contribution in [0.3, 0.4) is 0 Å². The normalized spacial score (nSPS) is 18.2. The number of fused-ring (bicyclic) bond motifs is 1. The summed E-state index contributed by atoms with van der Waals surface area (Å²) in [7, 11) is 1.74. The van der Waals surface area contributed by atoms with Crippen LogP contribution in [-0.4, -0.2) is 12.8 Å². The number of aliphatic imine (C=N–C) groups is 1. The third-order valence-corrected chi connectivity index (χ3v) is 7.06. The van der Waals surface area contributed by atoms with Gasteiger partial charge < -0.3 is 9.64 Å². The van der Waals surface area contributed by atoms with E-state index in [-0.39, 0.29) is 12.0 Å². The van der Waals surface area contributed by atoms with Crippen LogP contribution in [0.2, 0.25) is 0 Å². The Morgan fingerprint density at radius 2 is 1.53 bits per heavy atom. The highest BCUT2D eigenvalue weighted by atomic mass is 16.5. The maximum atomic E-state index is 5.66. The third-order valence-electron chi connectivity index (χ3n) is 7.06. The Morgan fingerprint density at radius 3 is 2.28 bits per heavy atom. The van der Waals surface area contributed by atoms with Gasteiger partial charge in [0, 0.05) is 23.7 Å². The average molecular weight is 475 g/mol. The fourth-order valence-corrected chi connectivity index (χ4v) is 5.36. The van der Waals surface area contributed by atoms with Crippen LogP contribution >= 0.6 is 0 Å². The van der Waals surface area contributed by atoms with Crippen molar-refractivity contribution < 1.29 is 4.74 Å². The number of hydrogen-bond donors (Lipinski definition) is 0. The molecule has 5 rings (SSSR count). The van der Waals surface area contributed by atoms with E-state index in [0.29, 0.717) is 0 Å². The Morgan fingerprint density at radius 1 is 0.806 bits per heavy atom. The van der Waals surface area contributed by atoms with E-state index < -0.39 is 0 Å². The minimum atomic E-state index is 0.143. The van der Waals surface area contributed by atoms with Crippen LogP contribution in [-0.2, 0) is 6.54 Å². The van der Waals surface area contributed by atoms with Crippen molar-refractivity contribution in [2.75, 3.05) is 12.0 Å². The van der Waals surface area contributed by atoms with Gasteiger partial charge in [-0.3, -0.25) is 4.99 Å². The highest BCUT2D eigenvalue weighted by Gasteiger charge is 2.39. The minimum absolute atomic E-state index is 0.143. The summed E-state index contributed by atoms with van der Waals surface area (Å²) in [6.07, 6.45) is 3.38. The van der Waals surface area contributed by atoms with Gasteiger partial charge in [-0.1, -0.05) is 98.6 Å². The summed E-state index contributed by atoms with van der Waals surface area (Å²) in [6.45, 7) is 3.11. The van der Waals surface area contributed by atoms with Crippen LogP contribution in [0.1, 0.15) is 48.9 Å². The number of anilines is 1. The number of hydrogen-bond acceptors (Lipinski definition) is 3. The van der Waals surface area contributed by atoms with Crippen molar-refractivity contribution >= 4 is 17.1 Å². The summed E-state index contributed by atoms with van der Waals surface area (Å²) in [6, 6.07) is 38.7. The molecule has 2 atom stereocenters. The lowest BCUT2D eigenvalue weighted by Gasteiger charge is -2.45. The maximum absolute atomic E-state index is 5.66. The Labute approximate surface area is 215 Å². The first kappa shape index (κ1) is 23.9. The van der Waals surface area contributed by atoms with Crippen molar-refractivity contribution in [1.82, 2.24) is 0 Å². The van der Waals surface area contributed by atoms with Gasteiger partial charge in [0.05, 0.1) is 24.6 Å². The van der Waals surface area contributed by atoms with Gasteiger partial charge in [-0.15, -0.1) is 0 Å². The summed E-state index contributed by atoms with van der Waals surface area (Å²) >= 11 is 0. The highest BCUT2D eigenvalue weighted by Crippen LogP contribution is 2.46. The molecule has 3 nitrogen and oxygen atoms in total. The predicted molar refractivity (Wildman–Crippen MR) is 150 cm³/mol. The third kappa shape index (κ3) is 5.06. The standard InChI is InChI=1S/C33H34N2O/c1-3-4-20-30-32(34-27-17-9-6-10-18-27)29-21-11-12-22-31(29)35(24-25-14-7-5-8-15-25)33(30)26-16-13-19-28(23-26)36-2/h5-19,21-23,30,33H,3-4,20,24H2,1-2H3/t30-,33+/m1/s1. The van der Waals surface area contributed by atoms with E-state index in [9.17, 15) is 0 Å². The number of unbranched alkanes of at least 4 members (excludes halogenated alkanes) is 1. The second kappa shape index (κ2) is 11.3. The van der Waals surface area contributed by atoms with E-state index in [1.807, 2.05) is 12.1 Å². The molecule has 0 unspecified atom stereocenters. The molecule has 0 saturated heterocycles. The zero-order chi connectivity index (χ0) is 24.7. The van der Waals surface area contributed by atoms with Gasteiger partial charge >= 0.3 is 0 Å². The Hall–Kier alpha value is -3.85. The van der Waals surface area contributed by atoms with E-state index in [4.69, 9.17) is 9.73 Å². The van der Waals surface area contributed by atoms with Crippen LogP contribution in [0.15, 0.2) is 114 Å². The number of para-hydroxylation sites is 2. The van der Waals surface area contributed by atoms with E-state index in [1.165, 1.54) is 28.1 Å². The van der Waals surface area contributed by atoms with Gasteiger partial charge in [0.1, 0.15) is 5.75 Å². The first-order chi connectivity index (χ1) is 17.8. The molecule has 0 N–H and O–H groups in total. The number of nitrogens with zero attached hydrogens (tertiary/aromatic N) is 2. The van der Waals surface area contributed by atoms with Crippen LogP contribution < -0.4 is 9.64 Å². The van der Waals surface area contributed by atoms with Gasteiger partial charge in [-0.05, 0) is 47.9 Å². The largest absolute Gasteiger partial charge is 0.497 e. The second-order valence-electron chi connectivity index (χ2n) is 9.43. The second-order valence-corrected chi connectivity index (χ2v) is 9.43. The van der Waals surface area contributed by atoms with Crippen molar-refractivity contribution in [3.63, 3.8) is 0 Å². The first-order valence-electron chi connectivity index (χ1n) is 13.0. The SMILES string of the molecule is CCCC[C@@H]1C(=Nc2ccccc2)c2ccccc2N(Cc2ccccc2)[C@H]1c1cccc(OC)c1. The van der Waals surface area contributed by atoms with Crippen molar-refractivity contribution in [1.29, 1.82) is 0 Å². The smallest absolute Gasteiger partial charge is 0.119 e. The molecular weight excluding hydrogens is 440 g/mol. The topological polar surface area (TPSA) is 24.8 Å². The monoisotopic (exact) mass is 474 g/mol. The Bertz CT molecular complexity index is 1300. The molecule has 0 amide bonds. The predicted octanol–water partition coefficient (Wildman–Crippen LogP) is 8.38. The molecule has 0 radical (unpaired) electrons. The molecule has 3 heteroatoms. The Kier molecular flexibility index (Phi) is 7.47. The number of rotatable bonds is 8. The van der Waals surface area contributed by atoms with Crippen LogP contribution in [0.5, 0.6) is 5.75 Å². The van der Waals surface area contributed by atoms with Crippen molar-refractivity contribution in [3.8, 4) is 5.75 Å². The maximum Gasteiger partial charge on any atom is 0.119 e. The van der Waals surface area contributed by atoms with Crippen molar-refractivity contribution in [2.45, 2.75) is 38.8 Å². The van der Waals surface area contributed by atoms with E-state index in [1.54, 1.807) is 7.11 Å². The fourth-order valence-electron chi connectivity index (χ4n) is 5.36. The highest BCUT2D eigenvalue weighted by molar-refractivity contribution is 6.10. The molecule has 4 aromatic rings. The summed E-state index contributed by atoms with van der Waals surface area (Å²) < 4.78 is 5.66. The van der Waals surface area contributed by atoms with E-state index in [2.05, 4.69) is 109 Å². The molecule has 0 aromatic heterocycles. The minimum Gasteiger partial charge on any atom is -0.497 e. The molecule has 182 valence electrons. The average Bonchev–Trinajstić information content (AvgIpc) is 2.94. The summed E-state index contributed by atoms with van der Waals surface area (Å²) in [5.41, 5.74) is 7.22. The van der Waals surface area contributed by atoms with Crippen LogP contribution in [0, 0.1) is 5.92 Å². The first-order valence-corrected chi connectivity index (χ1v) is 13.0. The molecule has 0 fully saturated rings. The molecule has 1 aliphatic rings. The molecule has 1 aliphatic heterocycles.